The molecule has 0 fully saturated rings. The van der Waals surface area contributed by atoms with E-state index in [4.69, 9.17) is 28.9 Å². The number of nitrogens with two attached hydrogens (primary N) is 1. The Labute approximate surface area is 153 Å². The molecule has 0 heterocycles. The minimum atomic E-state index is -3.76. The summed E-state index contributed by atoms with van der Waals surface area (Å²) in [5, 5.41) is 0.321. The average Bonchev–Trinajstić information content (AvgIpc) is 2.47. The van der Waals surface area contributed by atoms with E-state index < -0.39 is 10.0 Å². The first-order chi connectivity index (χ1) is 11.3. The molecule has 3 N–H and O–H groups in total. The summed E-state index contributed by atoms with van der Waals surface area (Å²) >= 11 is 11.8. The molecule has 7 heteroatoms. The molecule has 0 amide bonds. The smallest absolute Gasteiger partial charge is 0.244 e. The summed E-state index contributed by atoms with van der Waals surface area (Å²) < 4.78 is 27.2. The Morgan fingerprint density at radius 1 is 1.12 bits per heavy atom. The summed E-state index contributed by atoms with van der Waals surface area (Å²) in [5.41, 5.74) is 8.32. The standard InChI is InChI=1S/C17H20Cl2N2O2S/c1-12-6-2-3-7-13(12)8-4-5-9-21-24(22,23)17-15(19)10-14(18)11-16(17)20/h2-3,6-7,10-11,21H,4-5,8-9,20H2,1H3. The zero-order valence-corrected chi connectivity index (χ0v) is 15.7. The number of hydrogen-bond donors (Lipinski definition) is 2. The van der Waals surface area contributed by atoms with Crippen LogP contribution in [0, 0.1) is 6.92 Å². The second kappa shape index (κ2) is 8.21. The summed E-state index contributed by atoms with van der Waals surface area (Å²) in [6, 6.07) is 10.9. The van der Waals surface area contributed by atoms with Gasteiger partial charge in [-0.2, -0.15) is 0 Å². The molecule has 2 aromatic rings. The van der Waals surface area contributed by atoms with Gasteiger partial charge in [-0.05, 0) is 49.4 Å². The van der Waals surface area contributed by atoms with Crippen LogP contribution in [0.25, 0.3) is 0 Å². The number of anilines is 1. The molecule has 4 nitrogen and oxygen atoms in total. The third-order valence-corrected chi connectivity index (χ3v) is 5.94. The van der Waals surface area contributed by atoms with E-state index in [1.54, 1.807) is 0 Å². The number of hydrogen-bond acceptors (Lipinski definition) is 3. The second-order valence-corrected chi connectivity index (χ2v) is 8.13. The van der Waals surface area contributed by atoms with Crippen molar-refractivity contribution in [2.24, 2.45) is 0 Å². The lowest BCUT2D eigenvalue weighted by molar-refractivity contribution is 0.577. The molecule has 2 aromatic carbocycles. The normalized spacial score (nSPS) is 11.6. The van der Waals surface area contributed by atoms with Gasteiger partial charge in [0.05, 0.1) is 10.7 Å². The first-order valence-electron chi connectivity index (χ1n) is 7.60. The number of benzene rings is 2. The lowest BCUT2D eigenvalue weighted by Gasteiger charge is -2.11. The molecule has 0 aliphatic heterocycles. The van der Waals surface area contributed by atoms with Crippen molar-refractivity contribution in [1.82, 2.24) is 4.72 Å². The monoisotopic (exact) mass is 386 g/mol. The second-order valence-electron chi connectivity index (χ2n) is 5.59. The van der Waals surface area contributed by atoms with Crippen molar-refractivity contribution in [3.8, 4) is 0 Å². The Bertz CT molecular complexity index is 800. The molecular formula is C17H20Cl2N2O2S. The van der Waals surface area contributed by atoms with Gasteiger partial charge in [-0.15, -0.1) is 0 Å². The fraction of sp³-hybridized carbons (Fsp3) is 0.294. The van der Waals surface area contributed by atoms with Crippen molar-refractivity contribution in [2.75, 3.05) is 12.3 Å². The number of aryl methyl sites for hydroxylation is 2. The molecule has 24 heavy (non-hydrogen) atoms. The Morgan fingerprint density at radius 3 is 2.50 bits per heavy atom. The van der Waals surface area contributed by atoms with Gasteiger partial charge in [-0.3, -0.25) is 0 Å². The summed E-state index contributed by atoms with van der Waals surface area (Å²) in [6.45, 7) is 2.40. The van der Waals surface area contributed by atoms with Crippen molar-refractivity contribution >= 4 is 38.9 Å². The zero-order valence-electron chi connectivity index (χ0n) is 13.4. The van der Waals surface area contributed by atoms with Crippen molar-refractivity contribution in [1.29, 1.82) is 0 Å². The largest absolute Gasteiger partial charge is 0.398 e. The molecule has 0 aromatic heterocycles. The van der Waals surface area contributed by atoms with Crippen LogP contribution in [0.15, 0.2) is 41.3 Å². The van der Waals surface area contributed by atoms with Gasteiger partial charge in [0.15, 0.2) is 0 Å². The molecule has 0 aliphatic rings. The van der Waals surface area contributed by atoms with E-state index in [9.17, 15) is 8.42 Å². The van der Waals surface area contributed by atoms with Gasteiger partial charge in [-0.25, -0.2) is 13.1 Å². The summed E-state index contributed by atoms with van der Waals surface area (Å²) in [6.07, 6.45) is 2.52. The average molecular weight is 387 g/mol. The predicted molar refractivity (Wildman–Crippen MR) is 100 cm³/mol. The fourth-order valence-electron chi connectivity index (χ4n) is 2.47. The molecule has 0 spiro atoms. The van der Waals surface area contributed by atoms with Crippen LogP contribution < -0.4 is 10.5 Å². The molecule has 0 atom stereocenters. The molecule has 0 unspecified atom stereocenters. The Balaban J connectivity index is 1.91. The molecule has 0 saturated carbocycles. The zero-order chi connectivity index (χ0) is 17.7. The number of nitrogen functional groups attached to an aromatic ring is 1. The third-order valence-electron chi connectivity index (χ3n) is 3.73. The quantitative estimate of drug-likeness (QED) is 0.553. The van der Waals surface area contributed by atoms with Gasteiger partial charge in [0.1, 0.15) is 4.90 Å². The van der Waals surface area contributed by atoms with E-state index in [0.29, 0.717) is 11.6 Å². The van der Waals surface area contributed by atoms with Crippen molar-refractivity contribution in [3.63, 3.8) is 0 Å². The van der Waals surface area contributed by atoms with Gasteiger partial charge in [-0.1, -0.05) is 47.5 Å². The maximum atomic E-state index is 12.4. The highest BCUT2D eigenvalue weighted by atomic mass is 35.5. The molecular weight excluding hydrogens is 367 g/mol. The van der Waals surface area contributed by atoms with Gasteiger partial charge in [0, 0.05) is 11.6 Å². The Morgan fingerprint density at radius 2 is 1.83 bits per heavy atom. The van der Waals surface area contributed by atoms with Crippen LogP contribution in [0.5, 0.6) is 0 Å². The summed E-state index contributed by atoms with van der Waals surface area (Å²) in [7, 11) is -3.76. The molecule has 0 bridgehead atoms. The molecule has 0 radical (unpaired) electrons. The van der Waals surface area contributed by atoms with Crippen molar-refractivity contribution in [2.45, 2.75) is 31.1 Å². The lowest BCUT2D eigenvalue weighted by atomic mass is 10.0. The highest BCUT2D eigenvalue weighted by Gasteiger charge is 2.21. The van der Waals surface area contributed by atoms with E-state index in [1.807, 2.05) is 12.1 Å². The molecule has 0 saturated heterocycles. The van der Waals surface area contributed by atoms with Crippen LogP contribution in [-0.2, 0) is 16.4 Å². The minimum Gasteiger partial charge on any atom is -0.398 e. The van der Waals surface area contributed by atoms with Crippen molar-refractivity contribution in [3.05, 3.63) is 57.6 Å². The molecule has 0 aliphatic carbocycles. The van der Waals surface area contributed by atoms with Crippen LogP contribution in [0.2, 0.25) is 10.0 Å². The SMILES string of the molecule is Cc1ccccc1CCCCNS(=O)(=O)c1c(N)cc(Cl)cc1Cl. The van der Waals surface area contributed by atoms with Gasteiger partial charge < -0.3 is 5.73 Å². The van der Waals surface area contributed by atoms with Gasteiger partial charge >= 0.3 is 0 Å². The third kappa shape index (κ3) is 4.86. The minimum absolute atomic E-state index is 0.0208. The van der Waals surface area contributed by atoms with E-state index >= 15 is 0 Å². The van der Waals surface area contributed by atoms with E-state index in [2.05, 4.69) is 23.8 Å². The Kier molecular flexibility index (Phi) is 6.52. The van der Waals surface area contributed by atoms with Gasteiger partial charge in [0.25, 0.3) is 0 Å². The van der Waals surface area contributed by atoms with Crippen LogP contribution >= 0.6 is 23.2 Å². The fourth-order valence-corrected chi connectivity index (χ4v) is 4.53. The number of rotatable bonds is 7. The maximum absolute atomic E-state index is 12.4. The summed E-state index contributed by atoms with van der Waals surface area (Å²) in [5.74, 6) is 0. The molecule has 130 valence electrons. The summed E-state index contributed by atoms with van der Waals surface area (Å²) in [4.78, 5) is -0.118. The topological polar surface area (TPSA) is 72.2 Å². The van der Waals surface area contributed by atoms with E-state index in [-0.39, 0.29) is 15.6 Å². The van der Waals surface area contributed by atoms with Crippen LogP contribution in [0.4, 0.5) is 5.69 Å². The Hall–Kier alpha value is -1.27. The predicted octanol–water partition coefficient (Wildman–Crippen LogP) is 4.19. The van der Waals surface area contributed by atoms with Gasteiger partial charge in [0.2, 0.25) is 10.0 Å². The lowest BCUT2D eigenvalue weighted by Crippen LogP contribution is -2.26. The highest BCUT2D eigenvalue weighted by molar-refractivity contribution is 7.89. The first kappa shape index (κ1) is 19.1. The van der Waals surface area contributed by atoms with Crippen molar-refractivity contribution < 1.29 is 8.42 Å². The molecule has 2 rings (SSSR count). The number of sulfonamides is 1. The van der Waals surface area contributed by atoms with Crippen LogP contribution in [0.1, 0.15) is 24.0 Å². The number of nitrogens with one attached hydrogen (secondary N) is 1. The maximum Gasteiger partial charge on any atom is 0.244 e. The van der Waals surface area contributed by atoms with E-state index in [1.165, 1.54) is 23.3 Å². The van der Waals surface area contributed by atoms with Crippen LogP contribution in [-0.4, -0.2) is 15.0 Å². The highest BCUT2D eigenvalue weighted by Crippen LogP contribution is 2.30. The number of halogens is 2. The first-order valence-corrected chi connectivity index (χ1v) is 9.84. The number of unbranched alkanes of at least 4 members (excludes halogenated alkanes) is 1. The van der Waals surface area contributed by atoms with E-state index in [0.717, 1.165) is 19.3 Å². The van der Waals surface area contributed by atoms with Crippen LogP contribution in [0.3, 0.4) is 0 Å².